The van der Waals surface area contributed by atoms with Gasteiger partial charge in [0.2, 0.25) is 5.88 Å². The Morgan fingerprint density at radius 3 is 2.46 bits per heavy atom. The summed E-state index contributed by atoms with van der Waals surface area (Å²) in [4.78, 5) is 6.99. The summed E-state index contributed by atoms with van der Waals surface area (Å²) in [5.41, 5.74) is 1.89. The lowest BCUT2D eigenvalue weighted by atomic mass is 10.1. The molecule has 2 rings (SSSR count). The van der Waals surface area contributed by atoms with Gasteiger partial charge in [-0.1, -0.05) is 13.8 Å². The summed E-state index contributed by atoms with van der Waals surface area (Å²) < 4.78 is 10.6. The van der Waals surface area contributed by atoms with Crippen molar-refractivity contribution in [1.82, 2.24) is 9.88 Å². The van der Waals surface area contributed by atoms with Crippen molar-refractivity contribution in [1.29, 1.82) is 0 Å². The van der Waals surface area contributed by atoms with Crippen LogP contribution >= 0.6 is 24.0 Å². The Morgan fingerprint density at radius 2 is 1.83 bits per heavy atom. The van der Waals surface area contributed by atoms with Crippen molar-refractivity contribution in [2.45, 2.75) is 20.3 Å². The van der Waals surface area contributed by atoms with Crippen LogP contribution in [0.5, 0.6) is 11.6 Å². The van der Waals surface area contributed by atoms with Crippen LogP contribution in [0.2, 0.25) is 0 Å². The third kappa shape index (κ3) is 5.37. The molecule has 1 aromatic carbocycles. The van der Waals surface area contributed by atoms with Gasteiger partial charge in [-0.05, 0) is 38.2 Å². The lowest BCUT2D eigenvalue weighted by Gasteiger charge is -2.18. The molecule has 0 aliphatic carbocycles. The van der Waals surface area contributed by atoms with E-state index in [9.17, 15) is 0 Å². The molecule has 24 heavy (non-hydrogen) atoms. The molecule has 0 saturated carbocycles. The normalized spacial score (nSPS) is 10.5. The maximum atomic E-state index is 5.39. The molecule has 0 aliphatic heterocycles. The van der Waals surface area contributed by atoms with Crippen molar-refractivity contribution in [3.63, 3.8) is 0 Å². The molecule has 0 fully saturated rings. The van der Waals surface area contributed by atoms with Gasteiger partial charge in [-0.25, -0.2) is 4.98 Å². The molecule has 5 nitrogen and oxygen atoms in total. The van der Waals surface area contributed by atoms with Gasteiger partial charge in [0.05, 0.1) is 25.4 Å². The van der Waals surface area contributed by atoms with E-state index in [0.29, 0.717) is 5.88 Å². The number of anilines is 1. The van der Waals surface area contributed by atoms with Crippen LogP contribution in [-0.2, 0) is 0 Å². The Balaban J connectivity index is 0.00000288. The van der Waals surface area contributed by atoms with E-state index in [1.807, 2.05) is 24.3 Å². The molecule has 0 spiro atoms. The summed E-state index contributed by atoms with van der Waals surface area (Å²) in [6, 6.07) is 7.85. The minimum Gasteiger partial charge on any atom is -0.497 e. The smallest absolute Gasteiger partial charge is 0.213 e. The monoisotopic (exact) mass is 445 g/mol. The van der Waals surface area contributed by atoms with Crippen LogP contribution in [0.3, 0.4) is 0 Å². The minimum absolute atomic E-state index is 0. The van der Waals surface area contributed by atoms with Gasteiger partial charge in [-0.2, -0.15) is 0 Å². The number of methoxy groups -OCH3 is 2. The molecule has 0 bridgehead atoms. The number of rotatable bonds is 9. The molecular weight excluding hydrogens is 417 g/mol. The first-order valence-corrected chi connectivity index (χ1v) is 8.20. The van der Waals surface area contributed by atoms with Gasteiger partial charge >= 0.3 is 0 Å². The Bertz CT molecular complexity index is 633. The van der Waals surface area contributed by atoms with Crippen LogP contribution < -0.4 is 14.8 Å². The molecule has 0 atom stereocenters. The first-order valence-electron chi connectivity index (χ1n) is 8.20. The van der Waals surface area contributed by atoms with Crippen LogP contribution in [0.1, 0.15) is 20.3 Å². The van der Waals surface area contributed by atoms with Gasteiger partial charge in [0, 0.05) is 24.1 Å². The number of hydrogen-bond donors (Lipinski definition) is 1. The quantitative estimate of drug-likeness (QED) is 0.467. The molecule has 0 unspecified atom stereocenters. The molecular formula is C18H28IN3O2. The molecule has 134 valence electrons. The highest BCUT2D eigenvalue weighted by Crippen LogP contribution is 2.29. The molecule has 0 amide bonds. The first kappa shape index (κ1) is 20.8. The average molecular weight is 445 g/mol. The fraction of sp³-hybridized carbons (Fsp3) is 0.500. The summed E-state index contributed by atoms with van der Waals surface area (Å²) >= 11 is 0. The van der Waals surface area contributed by atoms with Crippen LogP contribution in [0, 0.1) is 0 Å². The molecule has 1 heterocycles. The summed E-state index contributed by atoms with van der Waals surface area (Å²) in [6.07, 6.45) is 1.09. The number of fused-ring (bicyclic) bond motifs is 1. The van der Waals surface area contributed by atoms with Crippen LogP contribution in [-0.4, -0.2) is 50.3 Å². The van der Waals surface area contributed by atoms with E-state index >= 15 is 0 Å². The summed E-state index contributed by atoms with van der Waals surface area (Å²) in [7, 11) is 3.32. The van der Waals surface area contributed by atoms with Gasteiger partial charge in [-0.15, -0.1) is 24.0 Å². The lowest BCUT2D eigenvalue weighted by Crippen LogP contribution is -2.25. The third-order valence-corrected chi connectivity index (χ3v) is 4.05. The fourth-order valence-corrected chi connectivity index (χ4v) is 2.62. The Morgan fingerprint density at radius 1 is 1.08 bits per heavy atom. The molecule has 1 aromatic heterocycles. The highest BCUT2D eigenvalue weighted by Gasteiger charge is 2.08. The number of halogens is 1. The van der Waals surface area contributed by atoms with Crippen molar-refractivity contribution < 1.29 is 9.47 Å². The molecule has 0 radical (unpaired) electrons. The summed E-state index contributed by atoms with van der Waals surface area (Å²) in [5.74, 6) is 1.45. The standard InChI is InChI=1S/C18H27N3O2.HI/c1-5-21(6-2)11-7-10-19-16-13-15(22-3)12-14-8-9-17(23-4)20-18(14)16;/h8-9,12-13,19H,5-7,10-11H2,1-4H3;1H. The van der Waals surface area contributed by atoms with E-state index in [-0.39, 0.29) is 24.0 Å². The van der Waals surface area contributed by atoms with E-state index in [1.54, 1.807) is 14.2 Å². The minimum atomic E-state index is 0. The number of ether oxygens (including phenoxy) is 2. The number of nitrogens with zero attached hydrogens (tertiary/aromatic N) is 2. The zero-order chi connectivity index (χ0) is 16.7. The highest BCUT2D eigenvalue weighted by molar-refractivity contribution is 14.0. The van der Waals surface area contributed by atoms with Crippen LogP contribution in [0.4, 0.5) is 5.69 Å². The fourth-order valence-electron chi connectivity index (χ4n) is 2.62. The largest absolute Gasteiger partial charge is 0.497 e. The number of aromatic nitrogens is 1. The predicted octanol–water partition coefficient (Wildman–Crippen LogP) is 4.01. The van der Waals surface area contributed by atoms with Gasteiger partial charge < -0.3 is 19.7 Å². The van der Waals surface area contributed by atoms with E-state index < -0.39 is 0 Å². The Labute approximate surface area is 161 Å². The van der Waals surface area contributed by atoms with E-state index in [0.717, 1.165) is 54.9 Å². The molecule has 0 saturated heterocycles. The Hall–Kier alpha value is -1.28. The second-order valence-electron chi connectivity index (χ2n) is 5.41. The van der Waals surface area contributed by atoms with Crippen molar-refractivity contribution in [3.8, 4) is 11.6 Å². The lowest BCUT2D eigenvalue weighted by molar-refractivity contribution is 0.303. The zero-order valence-corrected chi connectivity index (χ0v) is 17.3. The van der Waals surface area contributed by atoms with Crippen LogP contribution in [0.25, 0.3) is 10.9 Å². The van der Waals surface area contributed by atoms with Crippen molar-refractivity contribution >= 4 is 40.6 Å². The number of benzene rings is 1. The maximum absolute atomic E-state index is 5.39. The van der Waals surface area contributed by atoms with Gasteiger partial charge in [0.15, 0.2) is 0 Å². The van der Waals surface area contributed by atoms with Crippen molar-refractivity contribution in [2.75, 3.05) is 45.7 Å². The second-order valence-corrected chi connectivity index (χ2v) is 5.41. The van der Waals surface area contributed by atoms with Gasteiger partial charge in [0.1, 0.15) is 5.75 Å². The van der Waals surface area contributed by atoms with Gasteiger partial charge in [-0.3, -0.25) is 0 Å². The average Bonchev–Trinajstić information content (AvgIpc) is 2.61. The van der Waals surface area contributed by atoms with Gasteiger partial charge in [0.25, 0.3) is 0 Å². The van der Waals surface area contributed by atoms with E-state index in [1.165, 1.54) is 0 Å². The van der Waals surface area contributed by atoms with E-state index in [4.69, 9.17) is 9.47 Å². The third-order valence-electron chi connectivity index (χ3n) is 4.05. The molecule has 2 aromatic rings. The topological polar surface area (TPSA) is 46.6 Å². The van der Waals surface area contributed by atoms with Crippen LogP contribution in [0.15, 0.2) is 24.3 Å². The zero-order valence-electron chi connectivity index (χ0n) is 15.0. The SMILES string of the molecule is CCN(CC)CCCNc1cc(OC)cc2ccc(OC)nc12.I. The molecule has 1 N–H and O–H groups in total. The number of nitrogens with one attached hydrogen (secondary N) is 1. The predicted molar refractivity (Wildman–Crippen MR) is 111 cm³/mol. The number of pyridine rings is 1. The Kier molecular flexibility index (Phi) is 9.13. The summed E-state index contributed by atoms with van der Waals surface area (Å²) in [6.45, 7) is 8.58. The first-order chi connectivity index (χ1) is 11.2. The van der Waals surface area contributed by atoms with E-state index in [2.05, 4.69) is 29.0 Å². The number of hydrogen-bond acceptors (Lipinski definition) is 5. The second kappa shape index (κ2) is 10.6. The van der Waals surface area contributed by atoms with Crippen molar-refractivity contribution in [3.05, 3.63) is 24.3 Å². The maximum Gasteiger partial charge on any atom is 0.213 e. The molecule has 6 heteroatoms. The van der Waals surface area contributed by atoms with Crippen molar-refractivity contribution in [2.24, 2.45) is 0 Å². The molecule has 0 aliphatic rings. The summed E-state index contributed by atoms with van der Waals surface area (Å²) in [5, 5.41) is 4.53. The highest BCUT2D eigenvalue weighted by atomic mass is 127.